The molecule has 1 amide bonds. The second-order valence-electron chi connectivity index (χ2n) is 3.90. The minimum Gasteiger partial charge on any atom is -0.508 e. The van der Waals surface area contributed by atoms with Gasteiger partial charge in [0.1, 0.15) is 5.75 Å². The molecule has 2 aromatic carbocycles. The lowest BCUT2D eigenvalue weighted by molar-refractivity contribution is -0.115. The molecule has 0 aromatic heterocycles. The Bertz CT molecular complexity index is 485. The van der Waals surface area contributed by atoms with E-state index in [1.807, 2.05) is 0 Å². The molecule has 2 aromatic rings. The average Bonchev–Trinajstić information content (AvgIpc) is 2.35. The van der Waals surface area contributed by atoms with Gasteiger partial charge < -0.3 is 10.4 Å². The Morgan fingerprint density at radius 3 is 2.28 bits per heavy atom. The van der Waals surface area contributed by atoms with Crippen molar-refractivity contribution in [3.8, 4) is 5.75 Å². The van der Waals surface area contributed by atoms with Gasteiger partial charge in [0.2, 0.25) is 5.91 Å². The fourth-order valence-electron chi connectivity index (χ4n) is 1.54. The summed E-state index contributed by atoms with van der Waals surface area (Å²) in [5, 5.41) is 12.5. The van der Waals surface area contributed by atoms with E-state index in [1.54, 1.807) is 48.5 Å². The Labute approximate surface area is 110 Å². The first kappa shape index (κ1) is 12.5. The smallest absolute Gasteiger partial charge is 0.228 e. The number of aromatic hydroxyl groups is 1. The summed E-state index contributed by atoms with van der Waals surface area (Å²) in [5.41, 5.74) is 1.56. The fraction of sp³-hybridized carbons (Fsp3) is 0.0714. The molecule has 2 rings (SSSR count). The maximum absolute atomic E-state index is 11.7. The van der Waals surface area contributed by atoms with Gasteiger partial charge in [-0.2, -0.15) is 0 Å². The summed E-state index contributed by atoms with van der Waals surface area (Å²) in [7, 11) is 0. The van der Waals surface area contributed by atoms with Gasteiger partial charge in [0, 0.05) is 10.7 Å². The van der Waals surface area contributed by atoms with Crippen LogP contribution in [0.5, 0.6) is 5.75 Å². The van der Waals surface area contributed by atoms with Crippen LogP contribution in [0, 0.1) is 0 Å². The molecule has 0 heterocycles. The van der Waals surface area contributed by atoms with E-state index < -0.39 is 0 Å². The first-order chi connectivity index (χ1) is 8.63. The lowest BCUT2D eigenvalue weighted by Gasteiger charge is -2.05. The van der Waals surface area contributed by atoms with Gasteiger partial charge in [0.05, 0.1) is 6.42 Å². The Kier molecular flexibility index (Phi) is 3.85. The minimum atomic E-state index is -0.108. The van der Waals surface area contributed by atoms with E-state index in [9.17, 15) is 4.79 Å². The molecule has 0 atom stereocenters. The van der Waals surface area contributed by atoms with Crippen LogP contribution in [-0.2, 0) is 11.2 Å². The zero-order valence-corrected chi connectivity index (χ0v) is 10.3. The SMILES string of the molecule is O=C(Cc1ccc(O)cc1)Nc1ccc(Cl)cc1. The van der Waals surface area contributed by atoms with Crippen molar-refractivity contribution in [3.05, 3.63) is 59.1 Å². The number of anilines is 1. The van der Waals surface area contributed by atoms with E-state index in [0.717, 1.165) is 5.56 Å². The molecular weight excluding hydrogens is 250 g/mol. The number of hydrogen-bond acceptors (Lipinski definition) is 2. The number of benzene rings is 2. The van der Waals surface area contributed by atoms with E-state index in [-0.39, 0.29) is 18.1 Å². The molecule has 92 valence electrons. The zero-order chi connectivity index (χ0) is 13.0. The summed E-state index contributed by atoms with van der Waals surface area (Å²) in [4.78, 5) is 11.7. The van der Waals surface area contributed by atoms with Gasteiger partial charge in [-0.25, -0.2) is 0 Å². The van der Waals surface area contributed by atoms with E-state index in [1.165, 1.54) is 0 Å². The Hall–Kier alpha value is -2.00. The predicted molar refractivity (Wildman–Crippen MR) is 71.9 cm³/mol. The number of carbonyl (C=O) groups is 1. The topological polar surface area (TPSA) is 49.3 Å². The Morgan fingerprint density at radius 1 is 1.06 bits per heavy atom. The minimum absolute atomic E-state index is 0.108. The first-order valence-corrected chi connectivity index (χ1v) is 5.84. The van der Waals surface area contributed by atoms with Crippen LogP contribution < -0.4 is 5.32 Å². The van der Waals surface area contributed by atoms with Crippen LogP contribution in [-0.4, -0.2) is 11.0 Å². The lowest BCUT2D eigenvalue weighted by atomic mass is 10.1. The van der Waals surface area contributed by atoms with Gasteiger partial charge >= 0.3 is 0 Å². The summed E-state index contributed by atoms with van der Waals surface area (Å²) in [6.07, 6.45) is 0.267. The second kappa shape index (κ2) is 5.56. The standard InChI is InChI=1S/C14H12ClNO2/c15-11-3-5-12(6-4-11)16-14(18)9-10-1-7-13(17)8-2-10/h1-8,17H,9H2,(H,16,18). The number of rotatable bonds is 3. The lowest BCUT2D eigenvalue weighted by Crippen LogP contribution is -2.14. The van der Waals surface area contributed by atoms with Crippen molar-refractivity contribution >= 4 is 23.2 Å². The third kappa shape index (κ3) is 3.50. The number of hydrogen-bond donors (Lipinski definition) is 2. The highest BCUT2D eigenvalue weighted by Gasteiger charge is 2.04. The molecule has 0 spiro atoms. The number of carbonyl (C=O) groups excluding carboxylic acids is 1. The number of phenolic OH excluding ortho intramolecular Hbond substituents is 1. The third-order valence-corrected chi connectivity index (χ3v) is 2.68. The van der Waals surface area contributed by atoms with Crippen LogP contribution in [0.1, 0.15) is 5.56 Å². The third-order valence-electron chi connectivity index (χ3n) is 2.43. The van der Waals surface area contributed by atoms with Gasteiger partial charge in [-0.05, 0) is 42.0 Å². The molecule has 0 saturated heterocycles. The molecule has 0 aliphatic rings. The van der Waals surface area contributed by atoms with E-state index >= 15 is 0 Å². The van der Waals surface area contributed by atoms with Crippen LogP contribution in [0.2, 0.25) is 5.02 Å². The molecule has 0 unspecified atom stereocenters. The highest BCUT2D eigenvalue weighted by molar-refractivity contribution is 6.30. The maximum Gasteiger partial charge on any atom is 0.228 e. The van der Waals surface area contributed by atoms with Crippen LogP contribution in [0.25, 0.3) is 0 Å². The molecule has 2 N–H and O–H groups in total. The van der Waals surface area contributed by atoms with E-state index in [0.29, 0.717) is 10.7 Å². The maximum atomic E-state index is 11.7. The quantitative estimate of drug-likeness (QED) is 0.891. The zero-order valence-electron chi connectivity index (χ0n) is 9.56. The fourth-order valence-corrected chi connectivity index (χ4v) is 1.66. The largest absolute Gasteiger partial charge is 0.508 e. The van der Waals surface area contributed by atoms with Gasteiger partial charge in [0.15, 0.2) is 0 Å². The highest BCUT2D eigenvalue weighted by Crippen LogP contribution is 2.14. The highest BCUT2D eigenvalue weighted by atomic mass is 35.5. The summed E-state index contributed by atoms with van der Waals surface area (Å²) >= 11 is 5.76. The predicted octanol–water partition coefficient (Wildman–Crippen LogP) is 3.23. The molecule has 0 radical (unpaired) electrons. The van der Waals surface area contributed by atoms with Crippen molar-refractivity contribution < 1.29 is 9.90 Å². The normalized spacial score (nSPS) is 10.1. The van der Waals surface area contributed by atoms with Crippen LogP contribution in [0.15, 0.2) is 48.5 Å². The van der Waals surface area contributed by atoms with Crippen molar-refractivity contribution in [3.63, 3.8) is 0 Å². The molecule has 0 aliphatic carbocycles. The van der Waals surface area contributed by atoms with Crippen LogP contribution in [0.4, 0.5) is 5.69 Å². The molecule has 3 nitrogen and oxygen atoms in total. The van der Waals surface area contributed by atoms with Crippen LogP contribution >= 0.6 is 11.6 Å². The summed E-state index contributed by atoms with van der Waals surface area (Å²) in [6.45, 7) is 0. The van der Waals surface area contributed by atoms with E-state index in [2.05, 4.69) is 5.32 Å². The number of nitrogens with one attached hydrogen (secondary N) is 1. The van der Waals surface area contributed by atoms with Gasteiger partial charge in [-0.1, -0.05) is 23.7 Å². The van der Waals surface area contributed by atoms with Crippen molar-refractivity contribution in [2.75, 3.05) is 5.32 Å². The van der Waals surface area contributed by atoms with Crippen molar-refractivity contribution in [2.24, 2.45) is 0 Å². The Morgan fingerprint density at radius 2 is 1.67 bits per heavy atom. The Balaban J connectivity index is 1.96. The summed E-state index contributed by atoms with van der Waals surface area (Å²) in [5.74, 6) is 0.0832. The molecule has 18 heavy (non-hydrogen) atoms. The number of amides is 1. The van der Waals surface area contributed by atoms with Gasteiger partial charge in [-0.3, -0.25) is 4.79 Å². The number of halogens is 1. The summed E-state index contributed by atoms with van der Waals surface area (Å²) < 4.78 is 0. The summed E-state index contributed by atoms with van der Waals surface area (Å²) in [6, 6.07) is 13.5. The molecular formula is C14H12ClNO2. The molecule has 4 heteroatoms. The van der Waals surface area contributed by atoms with Crippen molar-refractivity contribution in [1.29, 1.82) is 0 Å². The molecule has 0 bridgehead atoms. The van der Waals surface area contributed by atoms with Gasteiger partial charge in [0.25, 0.3) is 0 Å². The average molecular weight is 262 g/mol. The monoisotopic (exact) mass is 261 g/mol. The number of phenols is 1. The van der Waals surface area contributed by atoms with Gasteiger partial charge in [-0.15, -0.1) is 0 Å². The van der Waals surface area contributed by atoms with Crippen molar-refractivity contribution in [1.82, 2.24) is 0 Å². The van der Waals surface area contributed by atoms with Crippen LogP contribution in [0.3, 0.4) is 0 Å². The molecule has 0 fully saturated rings. The van der Waals surface area contributed by atoms with E-state index in [4.69, 9.17) is 16.7 Å². The van der Waals surface area contributed by atoms with Crippen molar-refractivity contribution in [2.45, 2.75) is 6.42 Å². The molecule has 0 aliphatic heterocycles. The second-order valence-corrected chi connectivity index (χ2v) is 4.33. The molecule has 0 saturated carbocycles. The first-order valence-electron chi connectivity index (χ1n) is 5.47.